The average Bonchev–Trinajstić information content (AvgIpc) is 2.48. The van der Waals surface area contributed by atoms with Gasteiger partial charge in [0.15, 0.2) is 0 Å². The van der Waals surface area contributed by atoms with E-state index in [1.165, 1.54) is 18.5 Å². The molecule has 1 aliphatic carbocycles. The maximum absolute atomic E-state index is 4.01. The molecule has 16 heavy (non-hydrogen) atoms. The molecule has 0 aromatic carbocycles. The monoisotopic (exact) mass is 222 g/mol. The molecule has 2 atom stereocenters. The second kappa shape index (κ2) is 4.17. The van der Waals surface area contributed by atoms with Crippen LogP contribution in [0.25, 0.3) is 0 Å². The van der Waals surface area contributed by atoms with Crippen LogP contribution in [0.4, 0.5) is 0 Å². The van der Waals surface area contributed by atoms with Gasteiger partial charge < -0.3 is 5.32 Å². The van der Waals surface area contributed by atoms with Gasteiger partial charge in [-0.2, -0.15) is 0 Å². The zero-order valence-corrected chi connectivity index (χ0v) is 10.7. The smallest absolute Gasteiger partial charge is 0.0728 e. The number of aromatic nitrogens is 3. The third-order valence-corrected chi connectivity index (χ3v) is 3.44. The van der Waals surface area contributed by atoms with Crippen molar-refractivity contribution < 1.29 is 0 Å². The molecular formula is C12H22N4. The number of hydrogen-bond acceptors (Lipinski definition) is 3. The first-order valence-corrected chi connectivity index (χ1v) is 6.07. The van der Waals surface area contributed by atoms with E-state index in [1.54, 1.807) is 0 Å². The highest BCUT2D eigenvalue weighted by molar-refractivity contribution is 5.10. The fourth-order valence-corrected chi connectivity index (χ4v) is 2.27. The standard InChI is InChI=1S/C12H22N4/c1-12(2,3)13-7-9-5-6-10(9)11-8-14-15-16(11)4/h8-10,13H,5-7H2,1-4H3. The van der Waals surface area contributed by atoms with Gasteiger partial charge in [-0.3, -0.25) is 4.68 Å². The van der Waals surface area contributed by atoms with Crippen molar-refractivity contribution in [1.29, 1.82) is 0 Å². The number of rotatable bonds is 3. The van der Waals surface area contributed by atoms with Crippen molar-refractivity contribution in [2.75, 3.05) is 6.54 Å². The first kappa shape index (κ1) is 11.6. The zero-order chi connectivity index (χ0) is 11.8. The lowest BCUT2D eigenvalue weighted by Gasteiger charge is -2.38. The van der Waals surface area contributed by atoms with E-state index in [0.29, 0.717) is 5.92 Å². The summed E-state index contributed by atoms with van der Waals surface area (Å²) in [7, 11) is 1.98. The molecule has 0 aliphatic heterocycles. The molecule has 2 unspecified atom stereocenters. The summed E-state index contributed by atoms with van der Waals surface area (Å²) in [6.07, 6.45) is 4.50. The molecule has 1 saturated carbocycles. The summed E-state index contributed by atoms with van der Waals surface area (Å²) in [6.45, 7) is 7.74. The Balaban J connectivity index is 1.92. The highest BCUT2D eigenvalue weighted by atomic mass is 15.4. The van der Waals surface area contributed by atoms with Crippen molar-refractivity contribution in [2.24, 2.45) is 13.0 Å². The van der Waals surface area contributed by atoms with E-state index in [-0.39, 0.29) is 5.54 Å². The number of nitrogens with one attached hydrogen (secondary N) is 1. The predicted molar refractivity (Wildman–Crippen MR) is 64.2 cm³/mol. The topological polar surface area (TPSA) is 42.7 Å². The van der Waals surface area contributed by atoms with Crippen molar-refractivity contribution in [3.8, 4) is 0 Å². The molecule has 1 aromatic heterocycles. The third kappa shape index (κ3) is 2.43. The summed E-state index contributed by atoms with van der Waals surface area (Å²) in [5.41, 5.74) is 1.50. The lowest BCUT2D eigenvalue weighted by molar-refractivity contribution is 0.217. The zero-order valence-electron chi connectivity index (χ0n) is 10.7. The van der Waals surface area contributed by atoms with E-state index in [9.17, 15) is 0 Å². The second-order valence-electron chi connectivity index (χ2n) is 5.86. The van der Waals surface area contributed by atoms with Crippen molar-refractivity contribution in [2.45, 2.75) is 45.1 Å². The van der Waals surface area contributed by atoms with Gasteiger partial charge in [-0.15, -0.1) is 5.10 Å². The maximum atomic E-state index is 4.01. The van der Waals surface area contributed by atoms with Crippen LogP contribution in [0, 0.1) is 5.92 Å². The molecule has 4 heteroatoms. The summed E-state index contributed by atoms with van der Waals surface area (Å²) in [4.78, 5) is 0. The van der Waals surface area contributed by atoms with Gasteiger partial charge in [0.25, 0.3) is 0 Å². The molecule has 1 heterocycles. The summed E-state index contributed by atoms with van der Waals surface area (Å²) in [6, 6.07) is 0. The van der Waals surface area contributed by atoms with Crippen LogP contribution < -0.4 is 5.32 Å². The number of nitrogens with zero attached hydrogens (tertiary/aromatic N) is 3. The Morgan fingerprint density at radius 2 is 2.19 bits per heavy atom. The molecule has 4 nitrogen and oxygen atoms in total. The fourth-order valence-electron chi connectivity index (χ4n) is 2.27. The summed E-state index contributed by atoms with van der Waals surface area (Å²) in [5.74, 6) is 1.39. The third-order valence-electron chi connectivity index (χ3n) is 3.44. The minimum atomic E-state index is 0.213. The van der Waals surface area contributed by atoms with Crippen LogP contribution in [0.3, 0.4) is 0 Å². The van der Waals surface area contributed by atoms with Gasteiger partial charge in [0.1, 0.15) is 0 Å². The molecular weight excluding hydrogens is 200 g/mol. The van der Waals surface area contributed by atoms with Gasteiger partial charge in [0, 0.05) is 18.5 Å². The van der Waals surface area contributed by atoms with Gasteiger partial charge in [-0.1, -0.05) is 5.21 Å². The summed E-state index contributed by atoms with van der Waals surface area (Å²) >= 11 is 0. The van der Waals surface area contributed by atoms with E-state index in [2.05, 4.69) is 36.4 Å². The van der Waals surface area contributed by atoms with Gasteiger partial charge >= 0.3 is 0 Å². The minimum Gasteiger partial charge on any atom is -0.312 e. The van der Waals surface area contributed by atoms with Crippen LogP contribution in [0.2, 0.25) is 0 Å². The van der Waals surface area contributed by atoms with E-state index in [0.717, 1.165) is 12.5 Å². The molecule has 90 valence electrons. The molecule has 0 saturated heterocycles. The summed E-state index contributed by atoms with van der Waals surface area (Å²) < 4.78 is 1.91. The van der Waals surface area contributed by atoms with E-state index < -0.39 is 0 Å². The molecule has 1 aromatic rings. The highest BCUT2D eigenvalue weighted by Gasteiger charge is 2.34. The van der Waals surface area contributed by atoms with Crippen molar-refractivity contribution in [3.05, 3.63) is 11.9 Å². The normalized spacial score (nSPS) is 25.5. The van der Waals surface area contributed by atoms with Crippen LogP contribution in [-0.2, 0) is 7.05 Å². The molecule has 1 N–H and O–H groups in total. The van der Waals surface area contributed by atoms with Gasteiger partial charge in [-0.25, -0.2) is 0 Å². The number of hydrogen-bond donors (Lipinski definition) is 1. The van der Waals surface area contributed by atoms with Crippen LogP contribution in [0.1, 0.15) is 45.2 Å². The van der Waals surface area contributed by atoms with E-state index in [4.69, 9.17) is 0 Å². The van der Waals surface area contributed by atoms with Crippen molar-refractivity contribution >= 4 is 0 Å². The molecule has 0 bridgehead atoms. The number of aryl methyl sites for hydroxylation is 1. The van der Waals surface area contributed by atoms with Gasteiger partial charge in [0.05, 0.1) is 11.9 Å². The fraction of sp³-hybridized carbons (Fsp3) is 0.833. The Morgan fingerprint density at radius 1 is 1.44 bits per heavy atom. The lowest BCUT2D eigenvalue weighted by atomic mass is 9.71. The SMILES string of the molecule is Cn1nncc1C1CCC1CNC(C)(C)C. The van der Waals surface area contributed by atoms with Crippen LogP contribution in [-0.4, -0.2) is 27.1 Å². The predicted octanol–water partition coefficient (Wildman–Crippen LogP) is 1.70. The molecule has 2 rings (SSSR count). The van der Waals surface area contributed by atoms with Crippen LogP contribution in [0.5, 0.6) is 0 Å². The molecule has 1 fully saturated rings. The Labute approximate surface area is 97.4 Å². The van der Waals surface area contributed by atoms with Crippen LogP contribution in [0.15, 0.2) is 6.20 Å². The molecule has 1 aliphatic rings. The molecule has 0 amide bonds. The lowest BCUT2D eigenvalue weighted by Crippen LogP contribution is -2.43. The Kier molecular flexibility index (Phi) is 3.02. The van der Waals surface area contributed by atoms with Crippen molar-refractivity contribution in [1.82, 2.24) is 20.3 Å². The quantitative estimate of drug-likeness (QED) is 0.846. The maximum Gasteiger partial charge on any atom is 0.0728 e. The molecule has 0 spiro atoms. The largest absolute Gasteiger partial charge is 0.312 e. The minimum absolute atomic E-state index is 0.213. The highest BCUT2D eigenvalue weighted by Crippen LogP contribution is 2.41. The first-order chi connectivity index (χ1) is 7.47. The average molecular weight is 222 g/mol. The van der Waals surface area contributed by atoms with E-state index in [1.807, 2.05) is 17.9 Å². The first-order valence-electron chi connectivity index (χ1n) is 6.07. The Hall–Kier alpha value is -0.900. The van der Waals surface area contributed by atoms with Crippen LogP contribution >= 0.6 is 0 Å². The van der Waals surface area contributed by atoms with Gasteiger partial charge in [0.2, 0.25) is 0 Å². The Bertz CT molecular complexity index is 350. The second-order valence-corrected chi connectivity index (χ2v) is 5.86. The van der Waals surface area contributed by atoms with Crippen molar-refractivity contribution in [3.63, 3.8) is 0 Å². The van der Waals surface area contributed by atoms with E-state index >= 15 is 0 Å². The Morgan fingerprint density at radius 3 is 2.62 bits per heavy atom. The van der Waals surface area contributed by atoms with Gasteiger partial charge in [-0.05, 0) is 46.1 Å². The molecule has 0 radical (unpaired) electrons. The summed E-state index contributed by atoms with van der Waals surface area (Å²) in [5, 5.41) is 11.6.